The predicted octanol–water partition coefficient (Wildman–Crippen LogP) is 3.42. The van der Waals surface area contributed by atoms with Crippen molar-refractivity contribution in [1.29, 1.82) is 0 Å². The number of alkyl halides is 3. The fourth-order valence-electron chi connectivity index (χ4n) is 1.66. The number of fused-ring (bicyclic) bond motifs is 1. The van der Waals surface area contributed by atoms with Crippen LogP contribution in [0.15, 0.2) is 11.4 Å². The summed E-state index contributed by atoms with van der Waals surface area (Å²) in [7, 11) is 0. The molecule has 2 rings (SSSR count). The third-order valence-corrected chi connectivity index (χ3v) is 3.33. The van der Waals surface area contributed by atoms with Crippen LogP contribution in [0.1, 0.15) is 19.3 Å². The SMILES string of the molecule is Nc1nc(NCCCCC(F)(F)F)c2ccsc2n1. The highest BCUT2D eigenvalue weighted by Crippen LogP contribution is 2.26. The van der Waals surface area contributed by atoms with E-state index in [0.29, 0.717) is 18.8 Å². The molecule has 104 valence electrons. The summed E-state index contributed by atoms with van der Waals surface area (Å²) in [4.78, 5) is 8.90. The minimum Gasteiger partial charge on any atom is -0.369 e. The first kappa shape index (κ1) is 13.9. The van der Waals surface area contributed by atoms with Crippen LogP contribution in [0.4, 0.5) is 24.9 Å². The maximum atomic E-state index is 12.0. The summed E-state index contributed by atoms with van der Waals surface area (Å²) in [5, 5.41) is 5.72. The van der Waals surface area contributed by atoms with E-state index >= 15 is 0 Å². The molecule has 19 heavy (non-hydrogen) atoms. The zero-order valence-corrected chi connectivity index (χ0v) is 10.8. The lowest BCUT2D eigenvalue weighted by Crippen LogP contribution is -2.09. The molecule has 0 aliphatic rings. The zero-order valence-electron chi connectivity index (χ0n) is 10.00. The molecule has 0 amide bonds. The van der Waals surface area contributed by atoms with Gasteiger partial charge >= 0.3 is 6.18 Å². The molecular weight excluding hydrogens is 277 g/mol. The summed E-state index contributed by atoms with van der Waals surface area (Å²) in [6, 6.07) is 1.86. The van der Waals surface area contributed by atoms with Gasteiger partial charge in [0.05, 0.1) is 5.39 Å². The van der Waals surface area contributed by atoms with E-state index in [1.165, 1.54) is 11.3 Å². The summed E-state index contributed by atoms with van der Waals surface area (Å²) in [5.41, 5.74) is 5.57. The summed E-state index contributed by atoms with van der Waals surface area (Å²) < 4.78 is 35.9. The Kier molecular flexibility index (Phi) is 4.08. The number of nitrogens with zero attached hydrogens (tertiary/aromatic N) is 2. The van der Waals surface area contributed by atoms with Gasteiger partial charge in [0.2, 0.25) is 5.95 Å². The normalized spacial score (nSPS) is 11.9. The molecule has 2 aromatic heterocycles. The zero-order chi connectivity index (χ0) is 13.9. The quantitative estimate of drug-likeness (QED) is 0.828. The van der Waals surface area contributed by atoms with Gasteiger partial charge in [0.15, 0.2) is 0 Å². The van der Waals surface area contributed by atoms with Gasteiger partial charge in [-0.1, -0.05) is 0 Å². The van der Waals surface area contributed by atoms with Gasteiger partial charge in [0.25, 0.3) is 0 Å². The second kappa shape index (κ2) is 5.60. The Morgan fingerprint density at radius 3 is 2.79 bits per heavy atom. The lowest BCUT2D eigenvalue weighted by Gasteiger charge is -2.08. The van der Waals surface area contributed by atoms with Gasteiger partial charge in [-0.15, -0.1) is 11.3 Å². The monoisotopic (exact) mass is 290 g/mol. The van der Waals surface area contributed by atoms with Crippen LogP contribution in [0.5, 0.6) is 0 Å². The summed E-state index contributed by atoms with van der Waals surface area (Å²) >= 11 is 1.44. The topological polar surface area (TPSA) is 63.8 Å². The van der Waals surface area contributed by atoms with Gasteiger partial charge in [-0.3, -0.25) is 0 Å². The second-order valence-corrected chi connectivity index (χ2v) is 4.96. The molecule has 0 bridgehead atoms. The maximum absolute atomic E-state index is 12.0. The number of thiophene rings is 1. The van der Waals surface area contributed by atoms with Crippen LogP contribution in [-0.2, 0) is 0 Å². The van der Waals surface area contributed by atoms with E-state index < -0.39 is 12.6 Å². The minimum atomic E-state index is -4.08. The van der Waals surface area contributed by atoms with Crippen molar-refractivity contribution in [3.63, 3.8) is 0 Å². The number of unbranched alkanes of at least 4 members (excludes halogenated alkanes) is 1. The van der Waals surface area contributed by atoms with Crippen molar-refractivity contribution in [3.05, 3.63) is 11.4 Å². The van der Waals surface area contributed by atoms with Gasteiger partial charge in [-0.25, -0.2) is 4.98 Å². The van der Waals surface area contributed by atoms with Gasteiger partial charge < -0.3 is 11.1 Å². The molecular formula is C11H13F3N4S. The number of nitrogens with two attached hydrogens (primary N) is 1. The largest absolute Gasteiger partial charge is 0.389 e. The Hall–Kier alpha value is -1.57. The van der Waals surface area contributed by atoms with Crippen LogP contribution in [0, 0.1) is 0 Å². The molecule has 0 aliphatic heterocycles. The number of rotatable bonds is 5. The number of halogens is 3. The molecule has 0 unspecified atom stereocenters. The first-order chi connectivity index (χ1) is 8.96. The summed E-state index contributed by atoms with van der Waals surface area (Å²) in [6.07, 6.45) is -4.31. The molecule has 3 N–H and O–H groups in total. The highest BCUT2D eigenvalue weighted by molar-refractivity contribution is 7.16. The third-order valence-electron chi connectivity index (χ3n) is 2.52. The fraction of sp³-hybridized carbons (Fsp3) is 0.455. The molecule has 0 aromatic carbocycles. The molecule has 0 aliphatic carbocycles. The maximum Gasteiger partial charge on any atom is 0.389 e. The van der Waals surface area contributed by atoms with Crippen LogP contribution < -0.4 is 11.1 Å². The molecule has 8 heteroatoms. The van der Waals surface area contributed by atoms with Crippen LogP contribution >= 0.6 is 11.3 Å². The van der Waals surface area contributed by atoms with E-state index in [9.17, 15) is 13.2 Å². The molecule has 2 aromatic rings. The summed E-state index contributed by atoms with van der Waals surface area (Å²) in [5.74, 6) is 0.739. The van der Waals surface area contributed by atoms with Gasteiger partial charge in [-0.2, -0.15) is 18.2 Å². The van der Waals surface area contributed by atoms with Crippen molar-refractivity contribution in [1.82, 2.24) is 9.97 Å². The smallest absolute Gasteiger partial charge is 0.369 e. The number of nitrogen functional groups attached to an aromatic ring is 1. The molecule has 2 heterocycles. The summed E-state index contributed by atoms with van der Waals surface area (Å²) in [6.45, 7) is 0.428. The van der Waals surface area contributed by atoms with E-state index in [2.05, 4.69) is 15.3 Å². The van der Waals surface area contributed by atoms with Gasteiger partial charge in [-0.05, 0) is 24.3 Å². The lowest BCUT2D eigenvalue weighted by atomic mass is 10.2. The van der Waals surface area contributed by atoms with E-state index in [1.54, 1.807) is 0 Å². The second-order valence-electron chi connectivity index (χ2n) is 4.07. The average molecular weight is 290 g/mol. The fourth-order valence-corrected chi connectivity index (χ4v) is 2.43. The lowest BCUT2D eigenvalue weighted by molar-refractivity contribution is -0.135. The minimum absolute atomic E-state index is 0.101. The predicted molar refractivity (Wildman–Crippen MR) is 70.2 cm³/mol. The number of aromatic nitrogens is 2. The average Bonchev–Trinajstić information content (AvgIpc) is 2.74. The van der Waals surface area contributed by atoms with Crippen LogP contribution in [0.3, 0.4) is 0 Å². The highest BCUT2D eigenvalue weighted by atomic mass is 32.1. The Morgan fingerprint density at radius 1 is 1.26 bits per heavy atom. The highest BCUT2D eigenvalue weighted by Gasteiger charge is 2.25. The Balaban J connectivity index is 1.89. The van der Waals surface area contributed by atoms with Gasteiger partial charge in [0, 0.05) is 13.0 Å². The van der Waals surface area contributed by atoms with Gasteiger partial charge in [0.1, 0.15) is 10.6 Å². The number of hydrogen-bond acceptors (Lipinski definition) is 5. The standard InChI is InChI=1S/C11H13F3N4S/c12-11(13,14)4-1-2-5-16-8-7-3-6-19-9(7)18-10(15)17-8/h3,6H,1-2,4-5H2,(H3,15,16,17,18). The molecule has 0 saturated carbocycles. The first-order valence-corrected chi connectivity index (χ1v) is 6.65. The Morgan fingerprint density at radius 2 is 2.05 bits per heavy atom. The van der Waals surface area contributed by atoms with E-state index in [4.69, 9.17) is 5.73 Å². The van der Waals surface area contributed by atoms with E-state index in [-0.39, 0.29) is 12.4 Å². The first-order valence-electron chi connectivity index (χ1n) is 5.77. The van der Waals surface area contributed by atoms with Crippen molar-refractivity contribution in [3.8, 4) is 0 Å². The van der Waals surface area contributed by atoms with Crippen molar-refractivity contribution >= 4 is 33.3 Å². The van der Waals surface area contributed by atoms with Crippen molar-refractivity contribution in [2.45, 2.75) is 25.4 Å². The molecule has 0 fully saturated rings. The molecule has 4 nitrogen and oxygen atoms in total. The van der Waals surface area contributed by atoms with Crippen LogP contribution in [-0.4, -0.2) is 22.7 Å². The molecule has 0 radical (unpaired) electrons. The Bertz CT molecular complexity index is 552. The van der Waals surface area contributed by atoms with E-state index in [1.807, 2.05) is 11.4 Å². The molecule has 0 atom stereocenters. The van der Waals surface area contributed by atoms with Crippen molar-refractivity contribution in [2.75, 3.05) is 17.6 Å². The Labute approximate surface area is 111 Å². The number of hydrogen-bond donors (Lipinski definition) is 2. The van der Waals surface area contributed by atoms with Crippen molar-refractivity contribution < 1.29 is 13.2 Å². The van der Waals surface area contributed by atoms with Crippen LogP contribution in [0.2, 0.25) is 0 Å². The third kappa shape index (κ3) is 3.95. The molecule has 0 saturated heterocycles. The number of anilines is 2. The molecule has 0 spiro atoms. The number of nitrogens with one attached hydrogen (secondary N) is 1. The van der Waals surface area contributed by atoms with E-state index in [0.717, 1.165) is 10.2 Å². The van der Waals surface area contributed by atoms with Crippen molar-refractivity contribution in [2.24, 2.45) is 0 Å². The van der Waals surface area contributed by atoms with Crippen LogP contribution in [0.25, 0.3) is 10.2 Å².